The van der Waals surface area contributed by atoms with Gasteiger partial charge in [0.15, 0.2) is 0 Å². The third kappa shape index (κ3) is 24.8. The van der Waals surface area contributed by atoms with Crippen LogP contribution >= 0.6 is 0 Å². The van der Waals surface area contributed by atoms with E-state index in [9.17, 15) is 68.4 Å². The highest BCUT2D eigenvalue weighted by Crippen LogP contribution is 2.31. The summed E-state index contributed by atoms with van der Waals surface area (Å²) in [7, 11) is 8.37. The van der Waals surface area contributed by atoms with Crippen LogP contribution in [-0.2, 0) is 74.9 Å². The van der Waals surface area contributed by atoms with Gasteiger partial charge in [0.2, 0.25) is 53.2 Å². The number of nitrogens with two attached hydrogens (primary N) is 2. The first kappa shape index (κ1) is 87.2. The molecule has 12 unspecified atom stereocenters. The molecule has 0 aromatic heterocycles. The van der Waals surface area contributed by atoms with Gasteiger partial charge in [-0.25, -0.2) is 4.79 Å². The standard InChI is InChI=1S/C73H119N13O18/c1-15-42(8)61(85(12)72(99)59(40(4)5)83-71(98)60(41(6)7)84(10)11)50(101-13)36-57(89)86-32-20-24-49(86)66(102-14)43(9)67(94)81-48(33-45-21-17-16-18-22-45)68(95)76-31-29-44-25-27-46(28-26-44)79-69(96)47(23-19-30-77-73(75)100)80-70(97)58(39(2)3)82-56(88)35-52-63(91)65(93)54(104-52)38-78-55(87)34-51-62(90)64(92)53(37-74)103-51/h16-18,21-22,25-28,39-43,47-54,58-66,90-93H,15,19-20,23-24,29-38,74H2,1-14H3,(H,76,95)(H,78,87)(H,79,96)(H,80,97)(H,81,94)(H,82,88)(H,83,98)(H3,75,77,100)/t42?,43?,47?,48-,49?,50?,51?,52-,53?,54+,58+,59-,60?,61?,62-,63?,64+,65?,66?/m0/s1. The fourth-order valence-electron chi connectivity index (χ4n) is 14.0. The van der Waals surface area contributed by atoms with Gasteiger partial charge in [0.25, 0.3) is 0 Å². The molecule has 584 valence electrons. The lowest BCUT2D eigenvalue weighted by atomic mass is 9.89. The van der Waals surface area contributed by atoms with E-state index in [2.05, 4.69) is 42.5 Å². The Balaban J connectivity index is 1.19. The van der Waals surface area contributed by atoms with Gasteiger partial charge >= 0.3 is 6.03 Å². The van der Waals surface area contributed by atoms with Crippen LogP contribution in [0.4, 0.5) is 10.5 Å². The topological polar surface area (TPSA) is 447 Å². The zero-order chi connectivity index (χ0) is 77.4. The maximum atomic E-state index is 14.6. The molecule has 3 aliphatic rings. The Morgan fingerprint density at radius 3 is 1.79 bits per heavy atom. The molecule has 3 aliphatic heterocycles. The number of ether oxygens (including phenoxy) is 4. The van der Waals surface area contributed by atoms with E-state index in [1.807, 2.05) is 90.9 Å². The van der Waals surface area contributed by atoms with Crippen molar-refractivity contribution in [3.63, 3.8) is 0 Å². The molecule has 0 aliphatic carbocycles. The number of primary amides is 1. The van der Waals surface area contributed by atoms with Crippen LogP contribution in [0.25, 0.3) is 0 Å². The summed E-state index contributed by atoms with van der Waals surface area (Å²) < 4.78 is 23.4. The van der Waals surface area contributed by atoms with Crippen LogP contribution in [-0.4, -0.2) is 266 Å². The second kappa shape index (κ2) is 42.0. The van der Waals surface area contributed by atoms with Crippen LogP contribution in [0.3, 0.4) is 0 Å². The van der Waals surface area contributed by atoms with E-state index in [4.69, 9.17) is 30.4 Å². The summed E-state index contributed by atoms with van der Waals surface area (Å²) in [5.41, 5.74) is 12.8. The minimum absolute atomic E-state index is 0.0132. The Kier molecular flexibility index (Phi) is 35.2. The number of hydrogen-bond acceptors (Lipinski definition) is 20. The lowest BCUT2D eigenvalue weighted by molar-refractivity contribution is -0.148. The van der Waals surface area contributed by atoms with Crippen molar-refractivity contribution in [2.45, 2.75) is 230 Å². The van der Waals surface area contributed by atoms with E-state index in [1.165, 1.54) is 14.2 Å². The van der Waals surface area contributed by atoms with Gasteiger partial charge in [-0.2, -0.15) is 0 Å². The molecular formula is C73H119N13O18. The van der Waals surface area contributed by atoms with E-state index in [0.29, 0.717) is 37.9 Å². The highest BCUT2D eigenvalue weighted by atomic mass is 16.6. The molecule has 2 aromatic carbocycles. The van der Waals surface area contributed by atoms with Crippen LogP contribution in [0.15, 0.2) is 54.6 Å². The number of carbonyl (C=O) groups excluding carboxylic acids is 10. The van der Waals surface area contributed by atoms with Crippen molar-refractivity contribution in [2.75, 3.05) is 73.4 Å². The molecule has 5 rings (SSSR count). The maximum Gasteiger partial charge on any atom is 0.312 e. The molecule has 19 atom stereocenters. The first-order chi connectivity index (χ1) is 49.2. The van der Waals surface area contributed by atoms with Crippen molar-refractivity contribution in [1.82, 2.24) is 51.9 Å². The first-order valence-electron chi connectivity index (χ1n) is 36.4. The van der Waals surface area contributed by atoms with Crippen LogP contribution in [0.5, 0.6) is 0 Å². The van der Waals surface area contributed by atoms with Gasteiger partial charge in [0.05, 0.1) is 73.8 Å². The number of likely N-dealkylation sites (N-methyl/N-ethyl adjacent to an activating group) is 2. The number of methoxy groups -OCH3 is 2. The van der Waals surface area contributed by atoms with Crippen molar-refractivity contribution < 1.29 is 87.3 Å². The molecule has 0 spiro atoms. The van der Waals surface area contributed by atoms with Gasteiger partial charge in [0, 0.05) is 66.1 Å². The van der Waals surface area contributed by atoms with Crippen molar-refractivity contribution in [1.29, 1.82) is 0 Å². The molecule has 0 radical (unpaired) electrons. The van der Waals surface area contributed by atoms with Crippen LogP contribution in [0.1, 0.15) is 125 Å². The highest BCUT2D eigenvalue weighted by Gasteiger charge is 2.47. The molecule has 0 bridgehead atoms. The average Bonchev–Trinajstić information content (AvgIpc) is 0.993. The predicted molar refractivity (Wildman–Crippen MR) is 387 cm³/mol. The fourth-order valence-corrected chi connectivity index (χ4v) is 14.0. The Hall–Kier alpha value is -7.46. The third-order valence-corrected chi connectivity index (χ3v) is 20.1. The Bertz CT molecular complexity index is 3110. The molecular weight excluding hydrogens is 1350 g/mol. The van der Waals surface area contributed by atoms with Crippen LogP contribution in [0.2, 0.25) is 0 Å². The lowest BCUT2D eigenvalue weighted by Crippen LogP contribution is -2.59. The molecule has 11 amide bonds. The number of amides is 11. The van der Waals surface area contributed by atoms with Gasteiger partial charge < -0.3 is 103 Å². The van der Waals surface area contributed by atoms with Crippen molar-refractivity contribution in [3.8, 4) is 0 Å². The Morgan fingerprint density at radius 2 is 1.23 bits per heavy atom. The number of likely N-dealkylation sites (tertiary alicyclic amines) is 1. The van der Waals surface area contributed by atoms with Crippen molar-refractivity contribution >= 4 is 64.9 Å². The summed E-state index contributed by atoms with van der Waals surface area (Å²) in [5.74, 6) is -6.13. The molecule has 3 saturated heterocycles. The number of anilines is 1. The van der Waals surface area contributed by atoms with Gasteiger partial charge in [-0.15, -0.1) is 0 Å². The number of nitrogens with zero attached hydrogens (tertiary/aromatic N) is 3. The van der Waals surface area contributed by atoms with Gasteiger partial charge in [-0.05, 0) is 93.1 Å². The highest BCUT2D eigenvalue weighted by molar-refractivity contribution is 5.98. The molecule has 16 N–H and O–H groups in total. The van der Waals surface area contributed by atoms with Gasteiger partial charge in [0.1, 0.15) is 54.7 Å². The average molecular weight is 1470 g/mol. The summed E-state index contributed by atoms with van der Waals surface area (Å²) in [6, 6.07) is 9.43. The number of carbonyl (C=O) groups is 10. The quantitative estimate of drug-likeness (QED) is 0.0376. The van der Waals surface area contributed by atoms with Gasteiger partial charge in [-0.1, -0.05) is 111 Å². The predicted octanol–water partition coefficient (Wildman–Crippen LogP) is -0.434. The second-order valence-electron chi connectivity index (χ2n) is 29.1. The molecule has 3 fully saturated rings. The number of aliphatic hydroxyl groups excluding tert-OH is 4. The zero-order valence-corrected chi connectivity index (χ0v) is 63.0. The fraction of sp³-hybridized carbons (Fsp3) is 0.699. The normalized spacial score (nSPS) is 23.2. The molecule has 104 heavy (non-hydrogen) atoms. The number of urea groups is 1. The SMILES string of the molecule is CCC(C)C(C(CC(=O)N1CCCC1C(OC)C(C)C(=O)N[C@@H](Cc1ccccc1)C(=O)NCCc1ccc(NC(=O)C(CCCNC(N)=O)NC(=O)[C@H](NC(=O)C[C@@H]2O[C@H](CNC(=O)CC3OC(CN)[C@@H](O)[C@H]3O)C(O)C2O)C(C)C)cc1)OC)N(C)C(=O)[C@@H](NC(=O)C(C(C)C)N(C)C)C(C)C. The largest absolute Gasteiger partial charge is 0.388 e. The van der Waals surface area contributed by atoms with Crippen LogP contribution < -0.4 is 54.0 Å². The van der Waals surface area contributed by atoms with Gasteiger partial charge in [-0.3, -0.25) is 48.1 Å². The lowest BCUT2D eigenvalue weighted by Gasteiger charge is -2.41. The van der Waals surface area contributed by atoms with E-state index in [1.54, 1.807) is 61.9 Å². The number of benzene rings is 2. The first-order valence-corrected chi connectivity index (χ1v) is 36.4. The van der Waals surface area contributed by atoms with E-state index >= 15 is 0 Å². The smallest absolute Gasteiger partial charge is 0.312 e. The minimum Gasteiger partial charge on any atom is -0.388 e. The van der Waals surface area contributed by atoms with Crippen molar-refractivity contribution in [3.05, 3.63) is 65.7 Å². The number of nitrogens with one attached hydrogen (secondary N) is 8. The number of aliphatic hydroxyl groups is 4. The molecule has 31 heteroatoms. The van der Waals surface area contributed by atoms with Crippen molar-refractivity contribution in [2.24, 2.45) is 41.1 Å². The van der Waals surface area contributed by atoms with E-state index in [-0.39, 0.29) is 93.8 Å². The summed E-state index contributed by atoms with van der Waals surface area (Å²) in [5, 5.41) is 64.1. The van der Waals surface area contributed by atoms with Crippen LogP contribution in [0, 0.1) is 29.6 Å². The molecule has 2 aromatic rings. The summed E-state index contributed by atoms with van der Waals surface area (Å²) in [6.45, 7) is 17.0. The zero-order valence-electron chi connectivity index (χ0n) is 63.0. The second-order valence-corrected chi connectivity index (χ2v) is 29.1. The third-order valence-electron chi connectivity index (χ3n) is 20.1. The Labute approximate surface area is 611 Å². The summed E-state index contributed by atoms with van der Waals surface area (Å²) in [6.07, 6.45) is -9.86. The minimum atomic E-state index is -1.56. The van der Waals surface area contributed by atoms with E-state index in [0.717, 1.165) is 11.1 Å². The summed E-state index contributed by atoms with van der Waals surface area (Å²) >= 11 is 0. The monoisotopic (exact) mass is 1470 g/mol. The summed E-state index contributed by atoms with van der Waals surface area (Å²) in [4.78, 5) is 142. The molecule has 0 saturated carbocycles. The number of hydrogen-bond donors (Lipinski definition) is 14. The van der Waals surface area contributed by atoms with E-state index < -0.39 is 163 Å². The maximum absolute atomic E-state index is 14.6. The molecule has 31 nitrogen and oxygen atoms in total. The number of rotatable bonds is 41. The molecule has 3 heterocycles. The Morgan fingerprint density at radius 1 is 0.635 bits per heavy atom.